The van der Waals surface area contributed by atoms with Crippen molar-refractivity contribution in [1.29, 1.82) is 0 Å². The number of methoxy groups -OCH3 is 1. The van der Waals surface area contributed by atoms with Crippen LogP contribution in [0.25, 0.3) is 0 Å². The van der Waals surface area contributed by atoms with Gasteiger partial charge in [0.2, 0.25) is 5.91 Å². The molecule has 1 aromatic carbocycles. The van der Waals surface area contributed by atoms with Gasteiger partial charge in [-0.15, -0.1) is 0 Å². The van der Waals surface area contributed by atoms with Gasteiger partial charge in [-0.25, -0.2) is 0 Å². The minimum Gasteiger partial charge on any atom is -0.384 e. The molecule has 0 radical (unpaired) electrons. The maximum atomic E-state index is 11.7. The van der Waals surface area contributed by atoms with E-state index >= 15 is 0 Å². The van der Waals surface area contributed by atoms with Gasteiger partial charge in [0.05, 0.1) is 13.0 Å². The number of amides is 1. The van der Waals surface area contributed by atoms with E-state index in [-0.39, 0.29) is 5.91 Å². The van der Waals surface area contributed by atoms with Crippen molar-refractivity contribution in [3.8, 4) is 0 Å². The van der Waals surface area contributed by atoms with E-state index in [9.17, 15) is 4.79 Å². The summed E-state index contributed by atoms with van der Waals surface area (Å²) in [6, 6.07) is 6.18. The highest BCUT2D eigenvalue weighted by Crippen LogP contribution is 2.27. The first-order chi connectivity index (χ1) is 8.31. The smallest absolute Gasteiger partial charge is 0.226 e. The van der Waals surface area contributed by atoms with Gasteiger partial charge in [0, 0.05) is 12.8 Å². The van der Waals surface area contributed by atoms with E-state index in [0.29, 0.717) is 13.0 Å². The number of hydrogen-bond donors (Lipinski definition) is 1. The van der Waals surface area contributed by atoms with Crippen molar-refractivity contribution in [2.45, 2.75) is 32.1 Å². The standard InChI is InChI=1S/C14H19NO2/c1-17-10-9-14(16)15-13-8-4-6-11-5-2-3-7-12(11)13/h4,6,8H,2-3,5,7,9-10H2,1H3,(H,15,16). The Morgan fingerprint density at radius 1 is 1.35 bits per heavy atom. The molecule has 1 aromatic rings. The predicted molar refractivity (Wildman–Crippen MR) is 68.2 cm³/mol. The molecule has 1 N–H and O–H groups in total. The van der Waals surface area contributed by atoms with Gasteiger partial charge in [-0.2, -0.15) is 0 Å². The highest BCUT2D eigenvalue weighted by Gasteiger charge is 2.14. The van der Waals surface area contributed by atoms with E-state index in [1.54, 1.807) is 7.11 Å². The molecule has 0 heterocycles. The van der Waals surface area contributed by atoms with E-state index in [4.69, 9.17) is 4.74 Å². The quantitative estimate of drug-likeness (QED) is 0.868. The molecule has 0 atom stereocenters. The van der Waals surface area contributed by atoms with Crippen LogP contribution in [0.3, 0.4) is 0 Å². The molecule has 0 aliphatic heterocycles. The largest absolute Gasteiger partial charge is 0.384 e. The minimum absolute atomic E-state index is 0.0332. The number of carbonyl (C=O) groups excluding carboxylic acids is 1. The molecule has 3 nitrogen and oxygen atoms in total. The third-order valence-electron chi connectivity index (χ3n) is 3.20. The van der Waals surface area contributed by atoms with Gasteiger partial charge in [0.1, 0.15) is 0 Å². The van der Waals surface area contributed by atoms with Gasteiger partial charge >= 0.3 is 0 Å². The van der Waals surface area contributed by atoms with Crippen LogP contribution in [0.1, 0.15) is 30.4 Å². The lowest BCUT2D eigenvalue weighted by atomic mass is 9.90. The summed E-state index contributed by atoms with van der Waals surface area (Å²) in [5.74, 6) is 0.0332. The lowest BCUT2D eigenvalue weighted by Crippen LogP contribution is -2.16. The van der Waals surface area contributed by atoms with Gasteiger partial charge in [-0.1, -0.05) is 12.1 Å². The van der Waals surface area contributed by atoms with Crippen LogP contribution in [-0.4, -0.2) is 19.6 Å². The molecule has 1 amide bonds. The van der Waals surface area contributed by atoms with Crippen LogP contribution in [0.2, 0.25) is 0 Å². The van der Waals surface area contributed by atoms with Crippen molar-refractivity contribution < 1.29 is 9.53 Å². The number of aryl methyl sites for hydroxylation is 1. The summed E-state index contributed by atoms with van der Waals surface area (Å²) in [6.45, 7) is 0.473. The number of carbonyl (C=O) groups is 1. The second-order valence-electron chi connectivity index (χ2n) is 4.44. The molecule has 0 saturated carbocycles. The van der Waals surface area contributed by atoms with E-state index in [2.05, 4.69) is 11.4 Å². The molecule has 0 spiro atoms. The molecular weight excluding hydrogens is 214 g/mol. The summed E-state index contributed by atoms with van der Waals surface area (Å²) in [6.07, 6.45) is 5.11. The molecule has 0 unspecified atom stereocenters. The zero-order valence-electron chi connectivity index (χ0n) is 10.3. The molecule has 17 heavy (non-hydrogen) atoms. The Morgan fingerprint density at radius 3 is 3.00 bits per heavy atom. The van der Waals surface area contributed by atoms with Crippen molar-refractivity contribution in [3.63, 3.8) is 0 Å². The average molecular weight is 233 g/mol. The van der Waals surface area contributed by atoms with Crippen molar-refractivity contribution in [3.05, 3.63) is 29.3 Å². The van der Waals surface area contributed by atoms with Gasteiger partial charge in [-0.05, 0) is 42.9 Å². The number of fused-ring (bicyclic) bond motifs is 1. The molecule has 3 heteroatoms. The number of ether oxygens (including phenoxy) is 1. The molecule has 0 bridgehead atoms. The third kappa shape index (κ3) is 3.07. The lowest BCUT2D eigenvalue weighted by molar-refractivity contribution is -0.117. The SMILES string of the molecule is COCCC(=O)Nc1cccc2c1CCCC2. The third-order valence-corrected chi connectivity index (χ3v) is 3.20. The molecule has 0 fully saturated rings. The molecule has 0 aromatic heterocycles. The Morgan fingerprint density at radius 2 is 2.18 bits per heavy atom. The number of nitrogens with one attached hydrogen (secondary N) is 1. The van der Waals surface area contributed by atoms with Crippen molar-refractivity contribution >= 4 is 11.6 Å². The number of anilines is 1. The average Bonchev–Trinajstić information content (AvgIpc) is 2.37. The molecule has 0 saturated heterocycles. The summed E-state index contributed by atoms with van der Waals surface area (Å²) in [4.78, 5) is 11.7. The van der Waals surface area contributed by atoms with Crippen molar-refractivity contribution in [1.82, 2.24) is 0 Å². The number of hydrogen-bond acceptors (Lipinski definition) is 2. The van der Waals surface area contributed by atoms with E-state index in [1.807, 2.05) is 12.1 Å². The van der Waals surface area contributed by atoms with Gasteiger partial charge in [0.25, 0.3) is 0 Å². The topological polar surface area (TPSA) is 38.3 Å². The first-order valence-corrected chi connectivity index (χ1v) is 6.21. The van der Waals surface area contributed by atoms with Gasteiger partial charge in [-0.3, -0.25) is 4.79 Å². The molecule has 2 rings (SSSR count). The van der Waals surface area contributed by atoms with Crippen LogP contribution in [-0.2, 0) is 22.4 Å². The maximum Gasteiger partial charge on any atom is 0.226 e. The fraction of sp³-hybridized carbons (Fsp3) is 0.500. The summed E-state index contributed by atoms with van der Waals surface area (Å²) in [5, 5.41) is 2.99. The first kappa shape index (κ1) is 12.1. The highest BCUT2D eigenvalue weighted by atomic mass is 16.5. The Labute approximate surface area is 102 Å². The summed E-state index contributed by atoms with van der Waals surface area (Å²) in [7, 11) is 1.61. The Balaban J connectivity index is 2.08. The van der Waals surface area contributed by atoms with Crippen LogP contribution < -0.4 is 5.32 Å². The summed E-state index contributed by atoms with van der Waals surface area (Å²) < 4.78 is 4.90. The number of benzene rings is 1. The van der Waals surface area contributed by atoms with Crippen LogP contribution in [0.15, 0.2) is 18.2 Å². The van der Waals surface area contributed by atoms with Crippen LogP contribution >= 0.6 is 0 Å². The second kappa shape index (κ2) is 5.82. The molecule has 1 aliphatic rings. The van der Waals surface area contributed by atoms with Crippen LogP contribution in [0.5, 0.6) is 0 Å². The second-order valence-corrected chi connectivity index (χ2v) is 4.44. The lowest BCUT2D eigenvalue weighted by Gasteiger charge is -2.19. The number of rotatable bonds is 4. The summed E-state index contributed by atoms with van der Waals surface area (Å²) >= 11 is 0. The fourth-order valence-electron chi connectivity index (χ4n) is 2.31. The van der Waals surface area contributed by atoms with Gasteiger partial charge in [0.15, 0.2) is 0 Å². The van der Waals surface area contributed by atoms with Crippen LogP contribution in [0.4, 0.5) is 5.69 Å². The van der Waals surface area contributed by atoms with Crippen molar-refractivity contribution in [2.75, 3.05) is 19.0 Å². The summed E-state index contributed by atoms with van der Waals surface area (Å²) in [5.41, 5.74) is 3.70. The monoisotopic (exact) mass is 233 g/mol. The molecule has 92 valence electrons. The minimum atomic E-state index is 0.0332. The van der Waals surface area contributed by atoms with Crippen LogP contribution in [0, 0.1) is 0 Å². The Hall–Kier alpha value is -1.35. The van der Waals surface area contributed by atoms with Crippen molar-refractivity contribution in [2.24, 2.45) is 0 Å². The Bertz CT molecular complexity index is 401. The van der Waals surface area contributed by atoms with Gasteiger partial charge < -0.3 is 10.1 Å². The van der Waals surface area contributed by atoms with E-state index < -0.39 is 0 Å². The zero-order chi connectivity index (χ0) is 12.1. The Kier molecular flexibility index (Phi) is 4.15. The highest BCUT2D eigenvalue weighted by molar-refractivity contribution is 5.91. The normalized spacial score (nSPS) is 14.2. The molecular formula is C14H19NO2. The fourth-order valence-corrected chi connectivity index (χ4v) is 2.31. The zero-order valence-corrected chi connectivity index (χ0v) is 10.3. The van der Waals surface area contributed by atoms with E-state index in [0.717, 1.165) is 18.5 Å². The maximum absolute atomic E-state index is 11.7. The van der Waals surface area contributed by atoms with E-state index in [1.165, 1.54) is 24.0 Å². The predicted octanol–water partition coefficient (Wildman–Crippen LogP) is 2.54. The first-order valence-electron chi connectivity index (χ1n) is 6.21. The molecule has 1 aliphatic carbocycles.